The number of hydrogen-bond acceptors (Lipinski definition) is 6. The van der Waals surface area contributed by atoms with Crippen LogP contribution in [0.2, 0.25) is 0 Å². The lowest BCUT2D eigenvalue weighted by atomic mass is 10.4. The van der Waals surface area contributed by atoms with E-state index in [0.717, 1.165) is 12.8 Å². The normalized spacial score (nSPS) is 8.87. The minimum atomic E-state index is -0.818. The fourth-order valence-corrected chi connectivity index (χ4v) is 0.777. The van der Waals surface area contributed by atoms with E-state index in [9.17, 15) is 14.4 Å². The van der Waals surface area contributed by atoms with Gasteiger partial charge in [0.1, 0.15) is 0 Å². The summed E-state index contributed by atoms with van der Waals surface area (Å²) in [7, 11) is 3.04. The molecule has 0 unspecified atom stereocenters. The van der Waals surface area contributed by atoms with Crippen molar-refractivity contribution >= 4 is 17.9 Å². The number of carbonyl (C=O) groups excluding carboxylic acids is 1. The SMILES string of the molecule is CCC(=O)O.CCCCOC(=O)CCOC.COCCC(=O)O. The van der Waals surface area contributed by atoms with E-state index in [0.29, 0.717) is 26.2 Å². The first kappa shape index (κ1) is 26.2. The highest BCUT2D eigenvalue weighted by molar-refractivity contribution is 5.69. The highest BCUT2D eigenvalue weighted by Crippen LogP contribution is 1.91. The summed E-state index contributed by atoms with van der Waals surface area (Å²) in [5.74, 6) is -1.73. The van der Waals surface area contributed by atoms with Crippen LogP contribution >= 0.6 is 0 Å². The smallest absolute Gasteiger partial charge is 0.308 e. The Hall–Kier alpha value is -1.67. The van der Waals surface area contributed by atoms with E-state index in [1.54, 1.807) is 14.0 Å². The second-order valence-electron chi connectivity index (χ2n) is 4.20. The zero-order chi connectivity index (χ0) is 18.5. The van der Waals surface area contributed by atoms with E-state index in [4.69, 9.17) is 19.7 Å². The van der Waals surface area contributed by atoms with Gasteiger partial charge in [-0.25, -0.2) is 0 Å². The molecule has 0 aliphatic carbocycles. The Morgan fingerprint density at radius 3 is 1.61 bits per heavy atom. The van der Waals surface area contributed by atoms with Crippen molar-refractivity contribution in [3.63, 3.8) is 0 Å². The van der Waals surface area contributed by atoms with Crippen molar-refractivity contribution in [1.82, 2.24) is 0 Å². The zero-order valence-corrected chi connectivity index (χ0v) is 14.5. The highest BCUT2D eigenvalue weighted by atomic mass is 16.5. The second-order valence-corrected chi connectivity index (χ2v) is 4.20. The number of unbranched alkanes of at least 4 members (excludes halogenated alkanes) is 1. The summed E-state index contributed by atoms with van der Waals surface area (Å²) < 4.78 is 14.1. The summed E-state index contributed by atoms with van der Waals surface area (Å²) in [5, 5.41) is 15.7. The van der Waals surface area contributed by atoms with Crippen LogP contribution in [-0.4, -0.2) is 62.2 Å². The summed E-state index contributed by atoms with van der Waals surface area (Å²) in [6.45, 7) is 4.95. The molecule has 0 bridgehead atoms. The predicted octanol–water partition coefficient (Wildman–Crippen LogP) is 1.95. The van der Waals surface area contributed by atoms with E-state index in [1.807, 2.05) is 0 Å². The van der Waals surface area contributed by atoms with E-state index in [-0.39, 0.29) is 18.8 Å². The fraction of sp³-hybridized carbons (Fsp3) is 0.800. The molecular formula is C15H30O8. The number of ether oxygens (including phenoxy) is 3. The van der Waals surface area contributed by atoms with Crippen LogP contribution in [0.1, 0.15) is 46.0 Å². The molecule has 0 fully saturated rings. The number of carboxylic acid groups (broad SMARTS) is 2. The van der Waals surface area contributed by atoms with Crippen LogP contribution in [-0.2, 0) is 28.6 Å². The molecule has 0 aliphatic rings. The van der Waals surface area contributed by atoms with Gasteiger partial charge in [0.25, 0.3) is 0 Å². The number of methoxy groups -OCH3 is 2. The minimum Gasteiger partial charge on any atom is -0.481 e. The van der Waals surface area contributed by atoms with Crippen LogP contribution in [0.15, 0.2) is 0 Å². The maximum atomic E-state index is 10.8. The summed E-state index contributed by atoms with van der Waals surface area (Å²) >= 11 is 0. The first-order valence-corrected chi connectivity index (χ1v) is 7.42. The Balaban J connectivity index is -0.000000286. The average molecular weight is 338 g/mol. The van der Waals surface area contributed by atoms with Crippen molar-refractivity contribution in [2.75, 3.05) is 34.0 Å². The van der Waals surface area contributed by atoms with Gasteiger partial charge >= 0.3 is 17.9 Å². The minimum absolute atomic E-state index is 0.0938. The fourth-order valence-electron chi connectivity index (χ4n) is 0.777. The molecule has 138 valence electrons. The molecule has 0 rings (SSSR count). The summed E-state index contributed by atoms with van der Waals surface area (Å²) in [5.41, 5.74) is 0. The molecule has 0 spiro atoms. The van der Waals surface area contributed by atoms with Crippen LogP contribution in [0.5, 0.6) is 0 Å². The molecular weight excluding hydrogens is 308 g/mol. The summed E-state index contributed by atoms with van der Waals surface area (Å²) in [4.78, 5) is 29.8. The second kappa shape index (κ2) is 22.6. The summed E-state index contributed by atoms with van der Waals surface area (Å²) in [6, 6.07) is 0. The van der Waals surface area contributed by atoms with E-state index in [1.165, 1.54) is 7.11 Å². The lowest BCUT2D eigenvalue weighted by Gasteiger charge is -2.02. The highest BCUT2D eigenvalue weighted by Gasteiger charge is 1.99. The standard InChI is InChI=1S/C8H16O3.C4H8O3.C3H6O2/c1-3-4-6-11-8(9)5-7-10-2;1-7-3-2-4(5)6;1-2-3(4)5/h3-7H2,1-2H3;2-3H2,1H3,(H,5,6);2H2,1H3,(H,4,5). The van der Waals surface area contributed by atoms with Gasteiger partial charge in [-0.1, -0.05) is 20.3 Å². The molecule has 2 N–H and O–H groups in total. The third kappa shape index (κ3) is 38.4. The first-order chi connectivity index (χ1) is 10.8. The van der Waals surface area contributed by atoms with Crippen molar-refractivity contribution in [1.29, 1.82) is 0 Å². The molecule has 0 aromatic carbocycles. The van der Waals surface area contributed by atoms with Crippen LogP contribution in [0, 0.1) is 0 Å². The molecule has 0 aromatic rings. The lowest BCUT2D eigenvalue weighted by Crippen LogP contribution is -2.08. The Kier molecular flexibility index (Phi) is 25.8. The summed E-state index contributed by atoms with van der Waals surface area (Å²) in [6.07, 6.45) is 2.67. The number of esters is 1. The Bertz CT molecular complexity index is 291. The molecule has 0 atom stereocenters. The zero-order valence-electron chi connectivity index (χ0n) is 14.5. The van der Waals surface area contributed by atoms with E-state index >= 15 is 0 Å². The largest absolute Gasteiger partial charge is 0.481 e. The molecule has 0 aliphatic heterocycles. The molecule has 23 heavy (non-hydrogen) atoms. The van der Waals surface area contributed by atoms with Crippen molar-refractivity contribution in [2.45, 2.75) is 46.0 Å². The van der Waals surface area contributed by atoms with Crippen LogP contribution in [0.3, 0.4) is 0 Å². The topological polar surface area (TPSA) is 119 Å². The van der Waals surface area contributed by atoms with Gasteiger partial charge < -0.3 is 24.4 Å². The molecule has 0 heterocycles. The number of carbonyl (C=O) groups is 3. The lowest BCUT2D eigenvalue weighted by molar-refractivity contribution is -0.144. The maximum absolute atomic E-state index is 10.8. The average Bonchev–Trinajstić information content (AvgIpc) is 2.52. The van der Waals surface area contributed by atoms with Gasteiger partial charge in [0.2, 0.25) is 0 Å². The molecule has 0 amide bonds. The van der Waals surface area contributed by atoms with Gasteiger partial charge in [0.05, 0.1) is 32.7 Å². The van der Waals surface area contributed by atoms with E-state index in [2.05, 4.69) is 11.7 Å². The molecule has 0 radical (unpaired) electrons. The Labute approximate surface area is 137 Å². The van der Waals surface area contributed by atoms with E-state index < -0.39 is 11.9 Å². The van der Waals surface area contributed by atoms with Crippen molar-refractivity contribution < 1.29 is 38.8 Å². The van der Waals surface area contributed by atoms with Gasteiger partial charge in [-0.3, -0.25) is 14.4 Å². The van der Waals surface area contributed by atoms with Crippen LogP contribution in [0.4, 0.5) is 0 Å². The maximum Gasteiger partial charge on any atom is 0.308 e. The third-order valence-electron chi connectivity index (χ3n) is 2.09. The third-order valence-corrected chi connectivity index (χ3v) is 2.09. The molecule has 8 heteroatoms. The predicted molar refractivity (Wildman–Crippen MR) is 84.4 cm³/mol. The Morgan fingerprint density at radius 1 is 0.826 bits per heavy atom. The van der Waals surface area contributed by atoms with Crippen molar-refractivity contribution in [3.05, 3.63) is 0 Å². The van der Waals surface area contributed by atoms with Gasteiger partial charge in [0.15, 0.2) is 0 Å². The number of aliphatic carboxylic acids is 2. The molecule has 0 saturated carbocycles. The number of carboxylic acids is 2. The number of hydrogen-bond donors (Lipinski definition) is 2. The van der Waals surface area contributed by atoms with Gasteiger partial charge in [-0.05, 0) is 6.42 Å². The molecule has 0 saturated heterocycles. The number of rotatable bonds is 10. The van der Waals surface area contributed by atoms with Crippen LogP contribution in [0.25, 0.3) is 0 Å². The quantitative estimate of drug-likeness (QED) is 0.458. The van der Waals surface area contributed by atoms with Gasteiger partial charge in [-0.15, -0.1) is 0 Å². The Morgan fingerprint density at radius 2 is 1.30 bits per heavy atom. The monoisotopic (exact) mass is 338 g/mol. The molecule has 0 aromatic heterocycles. The van der Waals surface area contributed by atoms with Gasteiger partial charge in [0, 0.05) is 20.6 Å². The van der Waals surface area contributed by atoms with Crippen LogP contribution < -0.4 is 0 Å². The van der Waals surface area contributed by atoms with Crippen molar-refractivity contribution in [2.24, 2.45) is 0 Å². The first-order valence-electron chi connectivity index (χ1n) is 7.42. The van der Waals surface area contributed by atoms with Gasteiger partial charge in [-0.2, -0.15) is 0 Å². The molecule has 8 nitrogen and oxygen atoms in total. The van der Waals surface area contributed by atoms with Crippen molar-refractivity contribution in [3.8, 4) is 0 Å².